The van der Waals surface area contributed by atoms with Gasteiger partial charge in [-0.3, -0.25) is 4.68 Å². The van der Waals surface area contributed by atoms with E-state index in [0.29, 0.717) is 18.2 Å². The normalized spacial score (nSPS) is 24.7. The van der Waals surface area contributed by atoms with Crippen LogP contribution < -0.4 is 5.32 Å². The Morgan fingerprint density at radius 1 is 1.33 bits per heavy atom. The van der Waals surface area contributed by atoms with Crippen molar-refractivity contribution in [1.82, 2.24) is 15.1 Å². The van der Waals surface area contributed by atoms with E-state index < -0.39 is 0 Å². The maximum absolute atomic E-state index is 5.79. The number of nitrogens with one attached hydrogen (secondary N) is 1. The quantitative estimate of drug-likeness (QED) is 0.839. The van der Waals surface area contributed by atoms with Gasteiger partial charge in [-0.25, -0.2) is 0 Å². The minimum absolute atomic E-state index is 0.450. The van der Waals surface area contributed by atoms with Crippen molar-refractivity contribution in [3.63, 3.8) is 0 Å². The van der Waals surface area contributed by atoms with Gasteiger partial charge >= 0.3 is 0 Å². The van der Waals surface area contributed by atoms with E-state index in [0.717, 1.165) is 26.0 Å². The molecular formula is C17H29N3O. The fourth-order valence-electron chi connectivity index (χ4n) is 3.79. The van der Waals surface area contributed by atoms with Gasteiger partial charge in [0.25, 0.3) is 0 Å². The molecular weight excluding hydrogens is 262 g/mol. The average Bonchev–Trinajstić information content (AvgIpc) is 3.21. The van der Waals surface area contributed by atoms with E-state index in [2.05, 4.69) is 29.2 Å². The molecule has 1 saturated carbocycles. The second-order valence-corrected chi connectivity index (χ2v) is 6.55. The summed E-state index contributed by atoms with van der Waals surface area (Å²) in [6.45, 7) is 4.14. The van der Waals surface area contributed by atoms with E-state index in [1.54, 1.807) is 0 Å². The van der Waals surface area contributed by atoms with E-state index in [9.17, 15) is 0 Å². The van der Waals surface area contributed by atoms with Crippen molar-refractivity contribution < 1.29 is 4.74 Å². The molecule has 2 unspecified atom stereocenters. The number of ether oxygens (including phenoxy) is 1. The molecule has 2 fully saturated rings. The SMILES string of the molecule is CCNC(Cc1ccn(C2CCCC2)n1)CC1CCCO1. The van der Waals surface area contributed by atoms with Crippen LogP contribution in [0.15, 0.2) is 12.3 Å². The maximum atomic E-state index is 5.79. The molecule has 4 heteroatoms. The summed E-state index contributed by atoms with van der Waals surface area (Å²) in [5.41, 5.74) is 1.23. The molecule has 0 amide bonds. The lowest BCUT2D eigenvalue weighted by Crippen LogP contribution is -2.34. The number of hydrogen-bond donors (Lipinski definition) is 1. The van der Waals surface area contributed by atoms with Crippen LogP contribution in [-0.2, 0) is 11.2 Å². The molecule has 2 atom stereocenters. The van der Waals surface area contributed by atoms with Crippen LogP contribution in [0.4, 0.5) is 0 Å². The van der Waals surface area contributed by atoms with Gasteiger partial charge in [-0.05, 0) is 44.7 Å². The summed E-state index contributed by atoms with van der Waals surface area (Å²) >= 11 is 0. The first-order valence-electron chi connectivity index (χ1n) is 8.74. The highest BCUT2D eigenvalue weighted by molar-refractivity contribution is 5.03. The Balaban J connectivity index is 1.56. The van der Waals surface area contributed by atoms with Crippen molar-refractivity contribution in [3.8, 4) is 0 Å². The topological polar surface area (TPSA) is 39.1 Å². The molecule has 21 heavy (non-hydrogen) atoms. The maximum Gasteiger partial charge on any atom is 0.0640 e. The van der Waals surface area contributed by atoms with Gasteiger partial charge in [0.15, 0.2) is 0 Å². The van der Waals surface area contributed by atoms with Crippen LogP contribution >= 0.6 is 0 Å². The number of nitrogens with zero attached hydrogens (tertiary/aromatic N) is 2. The molecule has 3 rings (SSSR count). The fraction of sp³-hybridized carbons (Fsp3) is 0.824. The molecule has 2 aliphatic rings. The zero-order valence-electron chi connectivity index (χ0n) is 13.3. The third-order valence-corrected chi connectivity index (χ3v) is 4.88. The van der Waals surface area contributed by atoms with Gasteiger partial charge < -0.3 is 10.1 Å². The Morgan fingerprint density at radius 2 is 2.19 bits per heavy atom. The number of likely N-dealkylation sites (N-methyl/N-ethyl adjacent to an activating group) is 1. The van der Waals surface area contributed by atoms with Crippen LogP contribution in [0.3, 0.4) is 0 Å². The number of hydrogen-bond acceptors (Lipinski definition) is 3. The monoisotopic (exact) mass is 291 g/mol. The predicted molar refractivity (Wildman–Crippen MR) is 84.5 cm³/mol. The minimum Gasteiger partial charge on any atom is -0.378 e. The van der Waals surface area contributed by atoms with Gasteiger partial charge in [0.2, 0.25) is 0 Å². The van der Waals surface area contributed by atoms with Crippen molar-refractivity contribution in [3.05, 3.63) is 18.0 Å². The zero-order chi connectivity index (χ0) is 14.5. The van der Waals surface area contributed by atoms with Crippen LogP contribution in [0.25, 0.3) is 0 Å². The van der Waals surface area contributed by atoms with Crippen molar-refractivity contribution in [2.24, 2.45) is 0 Å². The Kier molecular flexibility index (Phi) is 5.31. The zero-order valence-corrected chi connectivity index (χ0v) is 13.3. The average molecular weight is 291 g/mol. The van der Waals surface area contributed by atoms with Gasteiger partial charge in [-0.1, -0.05) is 19.8 Å². The van der Waals surface area contributed by atoms with Gasteiger partial charge in [-0.15, -0.1) is 0 Å². The third kappa shape index (κ3) is 4.07. The largest absolute Gasteiger partial charge is 0.378 e. The Bertz CT molecular complexity index is 419. The lowest BCUT2D eigenvalue weighted by molar-refractivity contribution is 0.0946. The molecule has 2 heterocycles. The van der Waals surface area contributed by atoms with Crippen LogP contribution in [0.5, 0.6) is 0 Å². The molecule has 4 nitrogen and oxygen atoms in total. The summed E-state index contributed by atoms with van der Waals surface area (Å²) in [6, 6.07) is 3.34. The molecule has 1 aliphatic carbocycles. The van der Waals surface area contributed by atoms with E-state index in [4.69, 9.17) is 9.84 Å². The van der Waals surface area contributed by atoms with Crippen molar-refractivity contribution in [1.29, 1.82) is 0 Å². The van der Waals surface area contributed by atoms with E-state index in [-0.39, 0.29) is 0 Å². The lowest BCUT2D eigenvalue weighted by Gasteiger charge is -2.20. The summed E-state index contributed by atoms with van der Waals surface area (Å²) < 4.78 is 7.99. The molecule has 118 valence electrons. The molecule has 1 saturated heterocycles. The summed E-state index contributed by atoms with van der Waals surface area (Å²) in [6.07, 6.45) is 12.5. The minimum atomic E-state index is 0.450. The number of aromatic nitrogens is 2. The van der Waals surface area contributed by atoms with Crippen LogP contribution in [0.2, 0.25) is 0 Å². The van der Waals surface area contributed by atoms with Gasteiger partial charge in [0.1, 0.15) is 0 Å². The molecule has 0 radical (unpaired) electrons. The first kappa shape index (κ1) is 15.0. The van der Waals surface area contributed by atoms with Crippen molar-refractivity contribution in [2.75, 3.05) is 13.2 Å². The van der Waals surface area contributed by atoms with Crippen molar-refractivity contribution in [2.45, 2.75) is 76.5 Å². The summed E-state index contributed by atoms with van der Waals surface area (Å²) in [5, 5.41) is 8.43. The molecule has 1 aliphatic heterocycles. The van der Waals surface area contributed by atoms with Crippen LogP contribution in [-0.4, -0.2) is 35.1 Å². The predicted octanol–water partition coefficient (Wildman–Crippen LogP) is 3.09. The van der Waals surface area contributed by atoms with Gasteiger partial charge in [-0.2, -0.15) is 5.10 Å². The third-order valence-electron chi connectivity index (χ3n) is 4.88. The highest BCUT2D eigenvalue weighted by Gasteiger charge is 2.22. The highest BCUT2D eigenvalue weighted by atomic mass is 16.5. The smallest absolute Gasteiger partial charge is 0.0640 e. The first-order valence-corrected chi connectivity index (χ1v) is 8.74. The fourth-order valence-corrected chi connectivity index (χ4v) is 3.79. The second-order valence-electron chi connectivity index (χ2n) is 6.55. The molecule has 0 spiro atoms. The molecule has 0 aromatic carbocycles. The Morgan fingerprint density at radius 3 is 2.90 bits per heavy atom. The summed E-state index contributed by atoms with van der Waals surface area (Å²) in [5.74, 6) is 0. The van der Waals surface area contributed by atoms with Gasteiger partial charge in [0.05, 0.1) is 17.8 Å². The molecule has 0 bridgehead atoms. The Hall–Kier alpha value is -0.870. The van der Waals surface area contributed by atoms with Crippen LogP contribution in [0, 0.1) is 0 Å². The molecule has 1 N–H and O–H groups in total. The standard InChI is InChI=1S/C17H29N3O/c1-2-18-15(13-17-8-5-11-21-17)12-14-9-10-20(19-14)16-6-3-4-7-16/h9-10,15-18H,2-8,11-13H2,1H3. The molecule has 1 aromatic heterocycles. The van der Waals surface area contributed by atoms with Crippen molar-refractivity contribution >= 4 is 0 Å². The number of rotatable bonds is 7. The summed E-state index contributed by atoms with van der Waals surface area (Å²) in [7, 11) is 0. The van der Waals surface area contributed by atoms with E-state index in [1.807, 2.05) is 0 Å². The lowest BCUT2D eigenvalue weighted by atomic mass is 10.0. The van der Waals surface area contributed by atoms with Gasteiger partial charge in [0, 0.05) is 25.3 Å². The van der Waals surface area contributed by atoms with Crippen LogP contribution in [0.1, 0.15) is 63.6 Å². The second kappa shape index (κ2) is 7.41. The molecule has 1 aromatic rings. The van der Waals surface area contributed by atoms with E-state index in [1.165, 1.54) is 44.2 Å². The highest BCUT2D eigenvalue weighted by Crippen LogP contribution is 2.29. The first-order chi connectivity index (χ1) is 10.3. The van der Waals surface area contributed by atoms with E-state index >= 15 is 0 Å². The summed E-state index contributed by atoms with van der Waals surface area (Å²) in [4.78, 5) is 0. The Labute approximate surface area is 128 Å².